The summed E-state index contributed by atoms with van der Waals surface area (Å²) in [5, 5.41) is 6.99. The fourth-order valence-corrected chi connectivity index (χ4v) is 3.16. The summed E-state index contributed by atoms with van der Waals surface area (Å²) in [6.45, 7) is 6.57. The van der Waals surface area contributed by atoms with Crippen molar-refractivity contribution < 1.29 is 0 Å². The molecular formula is C16H20N2S. The molecule has 1 aliphatic rings. The highest BCUT2D eigenvalue weighted by Crippen LogP contribution is 2.32. The van der Waals surface area contributed by atoms with Gasteiger partial charge in [0.1, 0.15) is 5.01 Å². The summed E-state index contributed by atoms with van der Waals surface area (Å²) in [6.07, 6.45) is 4.50. The van der Waals surface area contributed by atoms with E-state index in [9.17, 15) is 0 Å². The highest BCUT2D eigenvalue weighted by atomic mass is 32.1. The summed E-state index contributed by atoms with van der Waals surface area (Å²) < 4.78 is 0. The summed E-state index contributed by atoms with van der Waals surface area (Å²) in [6, 6.07) is 5.55. The minimum absolute atomic E-state index is 0.256. The molecule has 1 fully saturated rings. The van der Waals surface area contributed by atoms with Gasteiger partial charge in [-0.2, -0.15) is 0 Å². The molecule has 0 saturated heterocycles. The van der Waals surface area contributed by atoms with Crippen molar-refractivity contribution in [2.24, 2.45) is 0 Å². The molecule has 19 heavy (non-hydrogen) atoms. The van der Waals surface area contributed by atoms with Gasteiger partial charge >= 0.3 is 0 Å². The Morgan fingerprint density at radius 1 is 1.16 bits per heavy atom. The van der Waals surface area contributed by atoms with E-state index >= 15 is 0 Å². The quantitative estimate of drug-likeness (QED) is 0.912. The fraction of sp³-hybridized carbons (Fsp3) is 0.438. The van der Waals surface area contributed by atoms with Crippen LogP contribution in [0.2, 0.25) is 0 Å². The van der Waals surface area contributed by atoms with Gasteiger partial charge in [-0.15, -0.1) is 11.3 Å². The van der Waals surface area contributed by atoms with Crippen LogP contribution in [0, 0.1) is 20.8 Å². The van der Waals surface area contributed by atoms with E-state index in [1.807, 2.05) is 6.20 Å². The highest BCUT2D eigenvalue weighted by molar-refractivity contribution is 7.09. The van der Waals surface area contributed by atoms with Crippen molar-refractivity contribution >= 4 is 11.3 Å². The van der Waals surface area contributed by atoms with Gasteiger partial charge in [-0.25, -0.2) is 4.98 Å². The number of aromatic nitrogens is 1. The Hall–Kier alpha value is -1.19. The summed E-state index contributed by atoms with van der Waals surface area (Å²) in [5.41, 5.74) is 5.46. The lowest BCUT2D eigenvalue weighted by Crippen LogP contribution is -2.25. The maximum atomic E-state index is 4.52. The third-order valence-electron chi connectivity index (χ3n) is 3.87. The summed E-state index contributed by atoms with van der Waals surface area (Å²) >= 11 is 1.74. The highest BCUT2D eigenvalue weighted by Gasteiger charge is 2.28. The van der Waals surface area contributed by atoms with Gasteiger partial charge in [-0.1, -0.05) is 12.1 Å². The number of nitrogens with zero attached hydrogens (tertiary/aromatic N) is 1. The lowest BCUT2D eigenvalue weighted by Gasteiger charge is -2.20. The molecule has 100 valence electrons. The van der Waals surface area contributed by atoms with Crippen LogP contribution in [0.3, 0.4) is 0 Å². The number of hydrogen-bond acceptors (Lipinski definition) is 3. The second kappa shape index (κ2) is 5.06. The molecule has 0 radical (unpaired) electrons. The third-order valence-corrected chi connectivity index (χ3v) is 4.71. The molecule has 1 aromatic heterocycles. The standard InChI is InChI=1S/C16H20N2S/c1-10-8-12(3)14(9-11(10)2)15(18-13-4-5-13)16-17-6-7-19-16/h6-9,13,15,18H,4-5H2,1-3H3. The average Bonchev–Trinajstić information content (AvgIpc) is 3.03. The second-order valence-corrected chi connectivity index (χ2v) is 6.46. The molecule has 1 unspecified atom stereocenters. The zero-order valence-electron chi connectivity index (χ0n) is 11.7. The zero-order chi connectivity index (χ0) is 13.4. The Bertz CT molecular complexity index is 571. The maximum absolute atomic E-state index is 4.52. The van der Waals surface area contributed by atoms with Crippen molar-refractivity contribution in [3.63, 3.8) is 0 Å². The van der Waals surface area contributed by atoms with E-state index < -0.39 is 0 Å². The Morgan fingerprint density at radius 2 is 1.89 bits per heavy atom. The van der Waals surface area contributed by atoms with Gasteiger partial charge in [0.15, 0.2) is 0 Å². The summed E-state index contributed by atoms with van der Waals surface area (Å²) in [5.74, 6) is 0. The Labute approximate surface area is 118 Å². The van der Waals surface area contributed by atoms with E-state index in [0.717, 1.165) is 0 Å². The Kier molecular flexibility index (Phi) is 3.42. The van der Waals surface area contributed by atoms with Crippen molar-refractivity contribution in [2.75, 3.05) is 0 Å². The second-order valence-electron chi connectivity index (χ2n) is 5.54. The van der Waals surface area contributed by atoms with Crippen molar-refractivity contribution in [3.05, 3.63) is 51.0 Å². The molecule has 1 saturated carbocycles. The molecule has 1 aliphatic carbocycles. The van der Waals surface area contributed by atoms with E-state index in [2.05, 4.69) is 48.6 Å². The van der Waals surface area contributed by atoms with Gasteiger partial charge in [-0.3, -0.25) is 0 Å². The van der Waals surface area contributed by atoms with E-state index in [-0.39, 0.29) is 6.04 Å². The molecule has 1 aromatic carbocycles. The van der Waals surface area contributed by atoms with Gasteiger partial charge in [0, 0.05) is 17.6 Å². The predicted octanol–water partition coefficient (Wildman–Crippen LogP) is 3.91. The topological polar surface area (TPSA) is 24.9 Å². The van der Waals surface area contributed by atoms with Gasteiger partial charge in [0.2, 0.25) is 0 Å². The van der Waals surface area contributed by atoms with Gasteiger partial charge < -0.3 is 5.32 Å². The van der Waals surface area contributed by atoms with Crippen LogP contribution in [0.4, 0.5) is 0 Å². The third kappa shape index (κ3) is 2.72. The first-order chi connectivity index (χ1) is 9.15. The molecule has 3 rings (SSSR count). The molecule has 0 bridgehead atoms. The monoisotopic (exact) mass is 272 g/mol. The first-order valence-electron chi connectivity index (χ1n) is 6.88. The molecule has 2 aromatic rings. The number of aryl methyl sites for hydroxylation is 3. The Balaban J connectivity index is 2.01. The lowest BCUT2D eigenvalue weighted by atomic mass is 9.96. The van der Waals surface area contributed by atoms with Crippen LogP contribution in [0.1, 0.15) is 46.1 Å². The van der Waals surface area contributed by atoms with Crippen molar-refractivity contribution in [1.82, 2.24) is 10.3 Å². The number of hydrogen-bond donors (Lipinski definition) is 1. The van der Waals surface area contributed by atoms with Crippen LogP contribution in [-0.4, -0.2) is 11.0 Å². The normalized spacial score (nSPS) is 16.6. The SMILES string of the molecule is Cc1cc(C)c(C(NC2CC2)c2nccs2)cc1C. The van der Waals surface area contributed by atoms with Crippen molar-refractivity contribution in [2.45, 2.75) is 45.7 Å². The minimum atomic E-state index is 0.256. The van der Waals surface area contributed by atoms with E-state index in [1.54, 1.807) is 11.3 Å². The summed E-state index contributed by atoms with van der Waals surface area (Å²) in [7, 11) is 0. The van der Waals surface area contributed by atoms with Crippen molar-refractivity contribution in [1.29, 1.82) is 0 Å². The van der Waals surface area contributed by atoms with Crippen LogP contribution in [0.15, 0.2) is 23.7 Å². The first-order valence-corrected chi connectivity index (χ1v) is 7.76. The molecule has 0 amide bonds. The molecular weight excluding hydrogens is 252 g/mol. The number of nitrogens with one attached hydrogen (secondary N) is 1. The molecule has 3 heteroatoms. The fourth-order valence-electron chi connectivity index (χ4n) is 2.45. The van der Waals surface area contributed by atoms with Crippen LogP contribution < -0.4 is 5.32 Å². The van der Waals surface area contributed by atoms with Crippen molar-refractivity contribution in [3.8, 4) is 0 Å². The number of rotatable bonds is 4. The zero-order valence-corrected chi connectivity index (χ0v) is 12.6. The first kappa shape index (κ1) is 12.8. The van der Waals surface area contributed by atoms with Gasteiger partial charge in [0.25, 0.3) is 0 Å². The molecule has 1 N–H and O–H groups in total. The molecule has 0 spiro atoms. The maximum Gasteiger partial charge on any atom is 0.114 e. The minimum Gasteiger partial charge on any atom is -0.301 e. The Morgan fingerprint density at radius 3 is 2.53 bits per heavy atom. The molecule has 1 atom stereocenters. The lowest BCUT2D eigenvalue weighted by molar-refractivity contribution is 0.595. The molecule has 2 nitrogen and oxygen atoms in total. The predicted molar refractivity (Wildman–Crippen MR) is 80.8 cm³/mol. The smallest absolute Gasteiger partial charge is 0.114 e. The van der Waals surface area contributed by atoms with Gasteiger partial charge in [0.05, 0.1) is 6.04 Å². The number of benzene rings is 1. The number of thiazole rings is 1. The molecule has 1 heterocycles. The van der Waals surface area contributed by atoms with Crippen LogP contribution >= 0.6 is 11.3 Å². The molecule has 0 aliphatic heterocycles. The van der Waals surface area contributed by atoms with E-state index in [0.29, 0.717) is 6.04 Å². The van der Waals surface area contributed by atoms with E-state index in [4.69, 9.17) is 0 Å². The van der Waals surface area contributed by atoms with Gasteiger partial charge in [-0.05, 0) is 55.9 Å². The van der Waals surface area contributed by atoms with Crippen LogP contribution in [0.25, 0.3) is 0 Å². The van der Waals surface area contributed by atoms with E-state index in [1.165, 1.54) is 40.1 Å². The summed E-state index contributed by atoms with van der Waals surface area (Å²) in [4.78, 5) is 4.52. The van der Waals surface area contributed by atoms with Crippen LogP contribution in [0.5, 0.6) is 0 Å². The average molecular weight is 272 g/mol. The van der Waals surface area contributed by atoms with Crippen LogP contribution in [-0.2, 0) is 0 Å². The largest absolute Gasteiger partial charge is 0.301 e.